The highest BCUT2D eigenvalue weighted by molar-refractivity contribution is 5.96. The third kappa shape index (κ3) is 19.0. The Morgan fingerprint density at radius 2 is 1.06 bits per heavy atom. The van der Waals surface area contributed by atoms with Crippen LogP contribution in [0.3, 0.4) is 0 Å². The number of hydrogen-bond donors (Lipinski definition) is 0. The summed E-state index contributed by atoms with van der Waals surface area (Å²) in [7, 11) is 0. The maximum Gasteiger partial charge on any atom is 0.156 e. The van der Waals surface area contributed by atoms with E-state index in [1.54, 1.807) is 18.2 Å². The van der Waals surface area contributed by atoms with Crippen molar-refractivity contribution < 1.29 is 19.2 Å². The molecule has 0 N–H and O–H groups in total. The molecular formula is C32H44O4. The van der Waals surface area contributed by atoms with Crippen LogP contribution in [0.1, 0.15) is 89.5 Å². The molecule has 0 saturated heterocycles. The zero-order chi connectivity index (χ0) is 27.9. The quantitative estimate of drug-likeness (QED) is 0.316. The maximum absolute atomic E-state index is 11.4. The van der Waals surface area contributed by atoms with Crippen molar-refractivity contribution in [1.82, 2.24) is 0 Å². The van der Waals surface area contributed by atoms with Gasteiger partial charge in [0.25, 0.3) is 0 Å². The zero-order valence-corrected chi connectivity index (χ0v) is 23.4. The number of hydrogen-bond acceptors (Lipinski definition) is 4. The van der Waals surface area contributed by atoms with Gasteiger partial charge in [-0.25, -0.2) is 0 Å². The summed E-state index contributed by atoms with van der Waals surface area (Å²) in [6.07, 6.45) is 7.93. The van der Waals surface area contributed by atoms with Crippen molar-refractivity contribution in [3.05, 3.63) is 82.9 Å². The summed E-state index contributed by atoms with van der Waals surface area (Å²) < 4.78 is 0. The highest BCUT2D eigenvalue weighted by Gasteiger charge is 2.00. The van der Waals surface area contributed by atoms with Crippen molar-refractivity contribution in [3.8, 4) is 0 Å². The Hall–Kier alpha value is -3.40. The molecule has 196 valence electrons. The monoisotopic (exact) mass is 492 g/mol. The zero-order valence-electron chi connectivity index (χ0n) is 23.4. The van der Waals surface area contributed by atoms with Gasteiger partial charge in [-0.05, 0) is 56.5 Å². The summed E-state index contributed by atoms with van der Waals surface area (Å²) in [4.78, 5) is 44.1. The van der Waals surface area contributed by atoms with Crippen LogP contribution in [0.2, 0.25) is 0 Å². The number of allylic oxidation sites excluding steroid dienone is 2. The summed E-state index contributed by atoms with van der Waals surface area (Å²) in [6, 6.07) is 15.8. The lowest BCUT2D eigenvalue weighted by Crippen LogP contribution is -1.97. The molecule has 0 amide bonds. The van der Waals surface area contributed by atoms with Crippen molar-refractivity contribution in [3.63, 3.8) is 0 Å². The molecule has 36 heavy (non-hydrogen) atoms. The van der Waals surface area contributed by atoms with E-state index in [9.17, 15) is 19.2 Å². The number of ketones is 4. The smallest absolute Gasteiger partial charge is 0.156 e. The number of benzene rings is 2. The van der Waals surface area contributed by atoms with Crippen LogP contribution in [0.5, 0.6) is 0 Å². The fourth-order valence-electron chi connectivity index (χ4n) is 2.59. The van der Waals surface area contributed by atoms with E-state index >= 15 is 0 Å². The Bertz CT molecular complexity index is 979. The predicted octanol–water partition coefficient (Wildman–Crippen LogP) is 7.95. The predicted molar refractivity (Wildman–Crippen MR) is 153 cm³/mol. The van der Waals surface area contributed by atoms with Crippen molar-refractivity contribution >= 4 is 35.3 Å². The van der Waals surface area contributed by atoms with Gasteiger partial charge in [-0.3, -0.25) is 9.59 Å². The second kappa shape index (κ2) is 22.1. The number of carbonyl (C=O) groups is 4. The standard InChI is InChI=1S/2C14H16O2.2C2H6/c1-11-3-6-13(7-4-11)8-10-14(16)9-5-12(2)15;1-11-5-3-4-6-13(11)8-10-14(16)9-7-12(2)15;2*1-2/h3-4,6-8,10H,5,9H2,1-2H3;3-6,8,10H,7,9H2,1-2H3;2*1-2H3/b2*10-8+;;. The van der Waals surface area contributed by atoms with E-state index in [1.807, 2.05) is 90.1 Å². The van der Waals surface area contributed by atoms with Crippen molar-refractivity contribution in [2.45, 2.75) is 81.1 Å². The normalized spacial score (nSPS) is 9.78. The Labute approximate surface area is 218 Å². The molecule has 0 atom stereocenters. The summed E-state index contributed by atoms with van der Waals surface area (Å²) in [5, 5.41) is 0. The fourth-order valence-corrected chi connectivity index (χ4v) is 2.59. The average Bonchev–Trinajstić information content (AvgIpc) is 2.88. The van der Waals surface area contributed by atoms with Crippen LogP contribution >= 0.6 is 0 Å². The highest BCUT2D eigenvalue weighted by Crippen LogP contribution is 2.09. The third-order valence-corrected chi connectivity index (χ3v) is 4.62. The van der Waals surface area contributed by atoms with E-state index in [2.05, 4.69) is 0 Å². The van der Waals surface area contributed by atoms with Gasteiger partial charge >= 0.3 is 0 Å². The first-order valence-corrected chi connectivity index (χ1v) is 12.7. The molecule has 2 aromatic rings. The van der Waals surface area contributed by atoms with Gasteiger partial charge in [0.05, 0.1) is 0 Å². The van der Waals surface area contributed by atoms with E-state index in [-0.39, 0.29) is 23.1 Å². The Balaban J connectivity index is 0. The molecule has 0 heterocycles. The minimum absolute atomic E-state index is 0.00143. The summed E-state index contributed by atoms with van der Waals surface area (Å²) in [6.45, 7) is 15.0. The lowest BCUT2D eigenvalue weighted by atomic mass is 10.1. The summed E-state index contributed by atoms with van der Waals surface area (Å²) >= 11 is 0. The molecule has 0 aliphatic carbocycles. The van der Waals surface area contributed by atoms with Crippen molar-refractivity contribution in [2.24, 2.45) is 0 Å². The second-order valence-electron chi connectivity index (χ2n) is 7.77. The molecule has 0 saturated carbocycles. The van der Waals surface area contributed by atoms with Gasteiger partial charge in [0.1, 0.15) is 11.6 Å². The van der Waals surface area contributed by atoms with Crippen LogP contribution in [0, 0.1) is 13.8 Å². The number of carbonyl (C=O) groups excluding carboxylic acids is 4. The van der Waals surface area contributed by atoms with Crippen LogP contribution in [-0.2, 0) is 19.2 Å². The first kappa shape index (κ1) is 34.8. The molecule has 2 rings (SSSR count). The van der Waals surface area contributed by atoms with Crippen LogP contribution in [0.15, 0.2) is 60.7 Å². The Morgan fingerprint density at radius 1 is 0.611 bits per heavy atom. The van der Waals surface area contributed by atoms with E-state index in [1.165, 1.54) is 25.5 Å². The lowest BCUT2D eigenvalue weighted by molar-refractivity contribution is -0.120. The lowest BCUT2D eigenvalue weighted by Gasteiger charge is -1.98. The molecular weight excluding hydrogens is 448 g/mol. The van der Waals surface area contributed by atoms with Crippen LogP contribution in [0.25, 0.3) is 12.2 Å². The highest BCUT2D eigenvalue weighted by atomic mass is 16.1. The van der Waals surface area contributed by atoms with Gasteiger partial charge in [-0.15, -0.1) is 0 Å². The topological polar surface area (TPSA) is 68.3 Å². The Kier molecular flexibility index (Phi) is 21.3. The van der Waals surface area contributed by atoms with Gasteiger partial charge in [0, 0.05) is 25.7 Å². The minimum Gasteiger partial charge on any atom is -0.300 e. The van der Waals surface area contributed by atoms with Crippen molar-refractivity contribution in [1.29, 1.82) is 0 Å². The second-order valence-corrected chi connectivity index (χ2v) is 7.77. The first-order valence-electron chi connectivity index (χ1n) is 12.7. The SMILES string of the molecule is CC.CC.CC(=O)CCC(=O)/C=C/c1ccc(C)cc1.CC(=O)CCC(=O)/C=C/c1ccccc1C. The molecule has 0 aliphatic rings. The molecule has 2 aromatic carbocycles. The van der Waals surface area contributed by atoms with Crippen molar-refractivity contribution in [2.75, 3.05) is 0 Å². The summed E-state index contributed by atoms with van der Waals surface area (Å²) in [5.41, 5.74) is 4.37. The molecule has 4 heteroatoms. The number of Topliss-reactive ketones (excluding diaryl/α,β-unsaturated/α-hetero) is 2. The van der Waals surface area contributed by atoms with Crippen LogP contribution in [0.4, 0.5) is 0 Å². The minimum atomic E-state index is -0.00391. The molecule has 0 radical (unpaired) electrons. The van der Waals surface area contributed by atoms with Crippen LogP contribution < -0.4 is 0 Å². The average molecular weight is 493 g/mol. The molecule has 4 nitrogen and oxygen atoms in total. The molecule has 0 fully saturated rings. The van der Waals surface area contributed by atoms with E-state index in [4.69, 9.17) is 0 Å². The number of rotatable bonds is 10. The maximum atomic E-state index is 11.4. The van der Waals surface area contributed by atoms with Gasteiger partial charge in [-0.1, -0.05) is 93.9 Å². The summed E-state index contributed by atoms with van der Waals surface area (Å²) in [5.74, 6) is 0.101. The van der Waals surface area contributed by atoms with E-state index < -0.39 is 0 Å². The van der Waals surface area contributed by atoms with Gasteiger partial charge < -0.3 is 9.59 Å². The Morgan fingerprint density at radius 3 is 1.50 bits per heavy atom. The molecule has 0 spiro atoms. The fraction of sp³-hybridized carbons (Fsp3) is 0.375. The first-order chi connectivity index (χ1) is 17.2. The van der Waals surface area contributed by atoms with Gasteiger partial charge in [-0.2, -0.15) is 0 Å². The third-order valence-electron chi connectivity index (χ3n) is 4.62. The van der Waals surface area contributed by atoms with Gasteiger partial charge in [0.2, 0.25) is 0 Å². The largest absolute Gasteiger partial charge is 0.300 e. The number of aryl methyl sites for hydroxylation is 2. The van der Waals surface area contributed by atoms with E-state index in [0.717, 1.165) is 16.7 Å². The molecule has 0 aliphatic heterocycles. The van der Waals surface area contributed by atoms with E-state index in [0.29, 0.717) is 25.7 Å². The van der Waals surface area contributed by atoms with Gasteiger partial charge in [0.15, 0.2) is 11.6 Å². The molecule has 0 bridgehead atoms. The molecule has 0 unspecified atom stereocenters. The van der Waals surface area contributed by atoms with Crippen LogP contribution in [-0.4, -0.2) is 23.1 Å². The molecule has 0 aromatic heterocycles.